The first-order chi connectivity index (χ1) is 13.7. The van der Waals surface area contributed by atoms with E-state index in [9.17, 15) is 15.0 Å². The molecule has 3 rings (SSSR count). The topological polar surface area (TPSA) is 91.2 Å². The van der Waals surface area contributed by atoms with Crippen molar-refractivity contribution in [3.63, 3.8) is 0 Å². The molecule has 154 valence electrons. The van der Waals surface area contributed by atoms with E-state index in [0.717, 1.165) is 22.3 Å². The maximum absolute atomic E-state index is 12.3. The van der Waals surface area contributed by atoms with Crippen LogP contribution >= 0.6 is 0 Å². The summed E-state index contributed by atoms with van der Waals surface area (Å²) in [5.74, 6) is -1.33. The number of aliphatic imine (C=N–C) groups is 1. The lowest BCUT2D eigenvalue weighted by Crippen LogP contribution is -2.40. The number of nitrogens with zero attached hydrogens (tertiary/aromatic N) is 1. The van der Waals surface area contributed by atoms with Gasteiger partial charge in [0.2, 0.25) is 0 Å². The first kappa shape index (κ1) is 20.9. The van der Waals surface area contributed by atoms with Crippen LogP contribution in [-0.4, -0.2) is 41.5 Å². The highest BCUT2D eigenvalue weighted by Crippen LogP contribution is 2.44. The lowest BCUT2D eigenvalue weighted by Gasteiger charge is -2.28. The van der Waals surface area contributed by atoms with Gasteiger partial charge in [0, 0.05) is 12.5 Å². The molecule has 1 aliphatic rings. The van der Waals surface area contributed by atoms with Crippen molar-refractivity contribution in [3.05, 3.63) is 59.7 Å². The smallest absolute Gasteiger partial charge is 0.331 e. The fourth-order valence-electron chi connectivity index (χ4n) is 3.73. The van der Waals surface area contributed by atoms with E-state index in [4.69, 9.17) is 9.47 Å². The number of fused-ring (bicyclic) bond motifs is 3. The molecule has 0 radical (unpaired) electrons. The molecule has 0 spiro atoms. The molecule has 0 fully saturated rings. The van der Waals surface area contributed by atoms with Crippen LogP contribution in [0.3, 0.4) is 0 Å². The van der Waals surface area contributed by atoms with Gasteiger partial charge in [0.1, 0.15) is 6.08 Å². The fourth-order valence-corrected chi connectivity index (χ4v) is 3.73. The van der Waals surface area contributed by atoms with E-state index in [-0.39, 0.29) is 12.5 Å². The first-order valence-corrected chi connectivity index (χ1v) is 9.64. The molecule has 0 heterocycles. The Morgan fingerprint density at radius 3 is 2.10 bits per heavy atom. The van der Waals surface area contributed by atoms with Crippen molar-refractivity contribution in [2.45, 2.75) is 51.4 Å². The van der Waals surface area contributed by atoms with Crippen molar-refractivity contribution in [3.8, 4) is 11.1 Å². The number of ether oxygens (including phenoxy) is 2. The summed E-state index contributed by atoms with van der Waals surface area (Å²) in [6.07, 6.45) is -1.67. The molecule has 0 aliphatic heterocycles. The van der Waals surface area contributed by atoms with Gasteiger partial charge in [0.15, 0.2) is 6.04 Å². The van der Waals surface area contributed by atoms with Crippen molar-refractivity contribution in [1.82, 2.24) is 0 Å². The molecule has 6 nitrogen and oxygen atoms in total. The molecule has 0 bridgehead atoms. The molecule has 2 atom stereocenters. The van der Waals surface area contributed by atoms with Crippen LogP contribution in [0.4, 0.5) is 0 Å². The predicted octanol–water partition coefficient (Wildman–Crippen LogP) is 3.19. The highest BCUT2D eigenvalue weighted by molar-refractivity contribution is 5.79. The SMILES string of the molecule is CC(OC(C)(C)C)[C@H](N=C([O-])OCC1c2ccccc2-c2ccccc21)C(=O)O. The van der Waals surface area contributed by atoms with Crippen LogP contribution in [0.2, 0.25) is 0 Å². The second-order valence-electron chi connectivity index (χ2n) is 8.15. The van der Waals surface area contributed by atoms with Gasteiger partial charge in [-0.1, -0.05) is 48.5 Å². The third-order valence-electron chi connectivity index (χ3n) is 4.82. The fraction of sp³-hybridized carbons (Fsp3) is 0.391. The number of benzene rings is 2. The Morgan fingerprint density at radius 2 is 1.62 bits per heavy atom. The standard InChI is InChI=1S/C23H27NO5/c1-14(29-23(2,3)4)20(21(25)26)24-22(27)28-13-19-17-11-7-5-9-15(17)16-10-6-8-12-18(16)19/h5-12,14,19-20H,13H2,1-4H3,(H,24,27)(H,25,26)/p-1/t14?,20-/m0/s1. The third kappa shape index (κ3) is 4.77. The lowest BCUT2D eigenvalue weighted by atomic mass is 9.98. The summed E-state index contributed by atoms with van der Waals surface area (Å²) in [7, 11) is 0. The monoisotopic (exact) mass is 396 g/mol. The third-order valence-corrected chi connectivity index (χ3v) is 4.82. The molecule has 0 saturated heterocycles. The molecule has 1 unspecified atom stereocenters. The molecular weight excluding hydrogens is 370 g/mol. The van der Waals surface area contributed by atoms with E-state index >= 15 is 0 Å². The molecule has 2 aromatic carbocycles. The Bertz CT molecular complexity index is 870. The van der Waals surface area contributed by atoms with E-state index in [1.54, 1.807) is 6.92 Å². The molecular formula is C23H26NO5-. The minimum absolute atomic E-state index is 0.0945. The van der Waals surface area contributed by atoms with E-state index in [1.165, 1.54) is 0 Å². The van der Waals surface area contributed by atoms with Gasteiger partial charge < -0.3 is 19.7 Å². The summed E-state index contributed by atoms with van der Waals surface area (Å²) in [5.41, 5.74) is 3.86. The summed E-state index contributed by atoms with van der Waals surface area (Å²) in [5, 5.41) is 21.7. The summed E-state index contributed by atoms with van der Waals surface area (Å²) in [6, 6.07) is 14.7. The maximum Gasteiger partial charge on any atom is 0.331 e. The maximum atomic E-state index is 12.3. The van der Waals surface area contributed by atoms with Crippen LogP contribution < -0.4 is 5.11 Å². The van der Waals surface area contributed by atoms with Gasteiger partial charge in [-0.2, -0.15) is 0 Å². The Labute approximate surface area is 170 Å². The van der Waals surface area contributed by atoms with Crippen molar-refractivity contribution in [2.75, 3.05) is 6.61 Å². The Morgan fingerprint density at radius 1 is 1.10 bits per heavy atom. The van der Waals surface area contributed by atoms with E-state index in [0.29, 0.717) is 0 Å². The summed E-state index contributed by atoms with van der Waals surface area (Å²) in [6.45, 7) is 7.13. The van der Waals surface area contributed by atoms with Gasteiger partial charge in [-0.25, -0.2) is 4.79 Å². The zero-order chi connectivity index (χ0) is 21.2. The number of hydrogen-bond acceptors (Lipinski definition) is 5. The van der Waals surface area contributed by atoms with Crippen molar-refractivity contribution in [1.29, 1.82) is 0 Å². The van der Waals surface area contributed by atoms with Crippen molar-refractivity contribution < 1.29 is 24.5 Å². The highest BCUT2D eigenvalue weighted by Gasteiger charge is 2.29. The average Bonchev–Trinajstić information content (AvgIpc) is 2.96. The Balaban J connectivity index is 1.76. The van der Waals surface area contributed by atoms with Crippen LogP contribution in [-0.2, 0) is 14.3 Å². The van der Waals surface area contributed by atoms with Crippen molar-refractivity contribution >= 4 is 12.1 Å². The quantitative estimate of drug-likeness (QED) is 0.598. The van der Waals surface area contributed by atoms with Gasteiger partial charge in [-0.05, 0) is 49.9 Å². The molecule has 0 amide bonds. The molecule has 6 heteroatoms. The van der Waals surface area contributed by atoms with Crippen LogP contribution in [0, 0.1) is 0 Å². The largest absolute Gasteiger partial charge is 0.599 e. The normalized spacial score (nSPS) is 16.1. The lowest BCUT2D eigenvalue weighted by molar-refractivity contribution is -0.252. The van der Waals surface area contributed by atoms with Crippen LogP contribution in [0.5, 0.6) is 0 Å². The summed E-state index contributed by atoms with van der Waals surface area (Å²) < 4.78 is 11.0. The molecule has 0 aromatic heterocycles. The highest BCUT2D eigenvalue weighted by atomic mass is 16.6. The molecule has 2 aromatic rings. The van der Waals surface area contributed by atoms with Crippen LogP contribution in [0.1, 0.15) is 44.7 Å². The molecule has 29 heavy (non-hydrogen) atoms. The number of carboxylic acid groups (broad SMARTS) is 1. The van der Waals surface area contributed by atoms with Gasteiger partial charge in [-0.3, -0.25) is 4.99 Å². The molecule has 1 N–H and O–H groups in total. The molecule has 0 saturated carbocycles. The van der Waals surface area contributed by atoms with Gasteiger partial charge in [0.05, 0.1) is 11.7 Å². The number of carbonyl (C=O) groups is 1. The van der Waals surface area contributed by atoms with Gasteiger partial charge in [-0.15, -0.1) is 0 Å². The van der Waals surface area contributed by atoms with E-state index in [2.05, 4.69) is 4.99 Å². The minimum Gasteiger partial charge on any atom is -0.599 e. The zero-order valence-corrected chi connectivity index (χ0v) is 17.1. The average molecular weight is 396 g/mol. The van der Waals surface area contributed by atoms with Crippen LogP contribution in [0.25, 0.3) is 11.1 Å². The molecule has 1 aliphatic carbocycles. The van der Waals surface area contributed by atoms with E-state index in [1.807, 2.05) is 69.3 Å². The summed E-state index contributed by atoms with van der Waals surface area (Å²) >= 11 is 0. The second kappa shape index (κ2) is 8.25. The van der Waals surface area contributed by atoms with Gasteiger partial charge >= 0.3 is 5.97 Å². The Kier molecular flexibility index (Phi) is 5.94. The number of aliphatic carboxylic acids is 1. The first-order valence-electron chi connectivity index (χ1n) is 9.64. The number of rotatable bonds is 6. The van der Waals surface area contributed by atoms with Crippen LogP contribution in [0.15, 0.2) is 53.5 Å². The summed E-state index contributed by atoms with van der Waals surface area (Å²) in [4.78, 5) is 15.3. The zero-order valence-electron chi connectivity index (χ0n) is 17.1. The minimum atomic E-state index is -1.33. The van der Waals surface area contributed by atoms with Crippen molar-refractivity contribution in [2.24, 2.45) is 4.99 Å². The Hall–Kier alpha value is -2.86. The number of hydrogen-bond donors (Lipinski definition) is 1. The second-order valence-corrected chi connectivity index (χ2v) is 8.15. The van der Waals surface area contributed by atoms with Gasteiger partial charge in [0.25, 0.3) is 0 Å². The predicted molar refractivity (Wildman–Crippen MR) is 109 cm³/mol. The van der Waals surface area contributed by atoms with E-state index < -0.39 is 29.8 Å². The number of carboxylic acids is 1.